The highest BCUT2D eigenvalue weighted by molar-refractivity contribution is 7.47. The Morgan fingerprint density at radius 1 is 1.33 bits per heavy atom. The van der Waals surface area contributed by atoms with Gasteiger partial charge in [0.15, 0.2) is 0 Å². The van der Waals surface area contributed by atoms with E-state index in [1.807, 2.05) is 0 Å². The third-order valence-electron chi connectivity index (χ3n) is 0.793. The predicted molar refractivity (Wildman–Crippen MR) is 40.2 cm³/mol. The Kier molecular flexibility index (Phi) is 5.48. The summed E-state index contributed by atoms with van der Waals surface area (Å²) in [4.78, 5) is 8.24. The maximum Gasteiger partial charge on any atom is 0.471 e. The summed E-state index contributed by atoms with van der Waals surface area (Å²) in [6, 6.07) is 0. The summed E-state index contributed by atoms with van der Waals surface area (Å²) in [6.07, 6.45) is 3.17. The van der Waals surface area contributed by atoms with Crippen molar-refractivity contribution in [2.75, 3.05) is 14.2 Å². The van der Waals surface area contributed by atoms with Gasteiger partial charge >= 0.3 is 7.82 Å². The van der Waals surface area contributed by atoms with E-state index >= 15 is 0 Å². The molecule has 0 aliphatic carbocycles. The highest BCUT2D eigenvalue weighted by Gasteiger charge is 2.13. The van der Waals surface area contributed by atoms with Crippen molar-refractivity contribution in [2.24, 2.45) is 0 Å². The first kappa shape index (κ1) is 11.2. The first-order valence-corrected chi connectivity index (χ1v) is 4.36. The molecule has 8 heteroatoms. The topological polar surface area (TPSA) is 97.3 Å². The fourth-order valence-electron chi connectivity index (χ4n) is 0.241. The van der Waals surface area contributed by atoms with E-state index in [1.165, 1.54) is 0 Å². The van der Waals surface area contributed by atoms with Crippen LogP contribution in [0.3, 0.4) is 0 Å². The van der Waals surface area contributed by atoms with Crippen molar-refractivity contribution in [3.8, 4) is 0 Å². The minimum atomic E-state index is -3.65. The van der Waals surface area contributed by atoms with Crippen LogP contribution in [0.4, 0.5) is 0 Å². The van der Waals surface area contributed by atoms with E-state index < -0.39 is 7.82 Å². The first-order chi connectivity index (χ1) is 5.62. The summed E-state index contributed by atoms with van der Waals surface area (Å²) in [5.74, 6) is 0. The minimum Gasteiger partial charge on any atom is -0.303 e. The zero-order valence-corrected chi connectivity index (χ0v) is 7.56. The molecule has 0 aromatic carbocycles. The molecule has 2 N–H and O–H groups in total. The normalized spacial score (nSPS) is 10.2. The van der Waals surface area contributed by atoms with E-state index in [0.717, 1.165) is 14.2 Å². The number of hydrogen-bond acceptors (Lipinski definition) is 5. The van der Waals surface area contributed by atoms with Crippen molar-refractivity contribution in [1.82, 2.24) is 15.4 Å². The molecule has 0 unspecified atom stereocenters. The summed E-state index contributed by atoms with van der Waals surface area (Å²) < 4.78 is 18.0. The number of hydrogen-bond donors (Lipinski definition) is 2. The van der Waals surface area contributed by atoms with E-state index in [0.29, 0.717) is 0 Å². The Morgan fingerprint density at radius 3 is 1.83 bits per heavy atom. The van der Waals surface area contributed by atoms with E-state index in [2.05, 4.69) is 24.5 Å². The van der Waals surface area contributed by atoms with Gasteiger partial charge in [-0.05, 0) is 0 Å². The van der Waals surface area contributed by atoms with E-state index in [-0.39, 0.29) is 0 Å². The van der Waals surface area contributed by atoms with Crippen LogP contribution in [0.25, 0.3) is 0 Å². The standard InChI is InChI=1S/C2H3N3.C2H7O4P/c1-2-4-5-3-1;1-5-7(3,4)6-2/h1-2H,(H,3,4,5);1-2H3,(H,3,4). The molecule has 0 fully saturated rings. The quantitative estimate of drug-likeness (QED) is 0.653. The van der Waals surface area contributed by atoms with Crippen molar-refractivity contribution in [3.05, 3.63) is 12.4 Å². The number of rotatable bonds is 2. The lowest BCUT2D eigenvalue weighted by Crippen LogP contribution is -1.83. The van der Waals surface area contributed by atoms with Gasteiger partial charge in [-0.2, -0.15) is 15.4 Å². The van der Waals surface area contributed by atoms with Gasteiger partial charge in [-0.1, -0.05) is 0 Å². The van der Waals surface area contributed by atoms with Gasteiger partial charge in [0.2, 0.25) is 0 Å². The molecular formula is C4H10N3O4P. The summed E-state index contributed by atoms with van der Waals surface area (Å²) in [7, 11) is -1.45. The maximum atomic E-state index is 10.1. The Balaban J connectivity index is 0.000000211. The predicted octanol–water partition coefficient (Wildman–Crippen LogP) is 0.184. The fourth-order valence-corrected chi connectivity index (χ4v) is 0.390. The van der Waals surface area contributed by atoms with Crippen LogP contribution in [0.2, 0.25) is 0 Å². The number of nitrogens with zero attached hydrogens (tertiary/aromatic N) is 2. The molecule has 1 aromatic rings. The van der Waals surface area contributed by atoms with E-state index in [9.17, 15) is 4.57 Å². The number of aromatic nitrogens is 3. The minimum absolute atomic E-state index is 1.10. The molecule has 0 saturated carbocycles. The van der Waals surface area contributed by atoms with E-state index in [4.69, 9.17) is 4.89 Å². The van der Waals surface area contributed by atoms with Crippen LogP contribution in [0.1, 0.15) is 0 Å². The maximum absolute atomic E-state index is 10.1. The van der Waals surface area contributed by atoms with Crippen molar-refractivity contribution < 1.29 is 18.5 Å². The average Bonchev–Trinajstić information content (AvgIpc) is 2.62. The van der Waals surface area contributed by atoms with E-state index in [1.54, 1.807) is 12.4 Å². The number of H-pyrrole nitrogens is 1. The van der Waals surface area contributed by atoms with Crippen molar-refractivity contribution in [2.45, 2.75) is 0 Å². The van der Waals surface area contributed by atoms with Gasteiger partial charge in [-0.25, -0.2) is 4.57 Å². The summed E-state index contributed by atoms with van der Waals surface area (Å²) >= 11 is 0. The van der Waals surface area contributed by atoms with Gasteiger partial charge in [-0.3, -0.25) is 9.05 Å². The molecular weight excluding hydrogens is 185 g/mol. The molecule has 1 aromatic heterocycles. The molecule has 0 atom stereocenters. The van der Waals surface area contributed by atoms with Crippen molar-refractivity contribution >= 4 is 7.82 Å². The Morgan fingerprint density at radius 2 is 1.75 bits per heavy atom. The van der Waals surface area contributed by atoms with Crippen LogP contribution in [-0.2, 0) is 13.6 Å². The molecule has 1 rings (SSSR count). The Bertz CT molecular complexity index is 201. The van der Waals surface area contributed by atoms with Crippen molar-refractivity contribution in [3.63, 3.8) is 0 Å². The highest BCUT2D eigenvalue weighted by atomic mass is 31.2. The lowest BCUT2D eigenvalue weighted by atomic mass is 11.0. The smallest absolute Gasteiger partial charge is 0.303 e. The average molecular weight is 195 g/mol. The summed E-state index contributed by atoms with van der Waals surface area (Å²) in [5, 5.41) is 9.33. The molecule has 12 heavy (non-hydrogen) atoms. The molecule has 1 heterocycles. The van der Waals surface area contributed by atoms with Crippen LogP contribution in [-0.4, -0.2) is 34.5 Å². The third-order valence-corrected chi connectivity index (χ3v) is 1.72. The molecule has 0 aliphatic rings. The highest BCUT2D eigenvalue weighted by Crippen LogP contribution is 2.40. The van der Waals surface area contributed by atoms with Gasteiger partial charge in [0.25, 0.3) is 0 Å². The van der Waals surface area contributed by atoms with Crippen LogP contribution in [0.5, 0.6) is 0 Å². The summed E-state index contributed by atoms with van der Waals surface area (Å²) in [6.45, 7) is 0. The van der Waals surface area contributed by atoms with Gasteiger partial charge in [0, 0.05) is 14.2 Å². The van der Waals surface area contributed by atoms with Gasteiger partial charge in [0.05, 0.1) is 12.4 Å². The van der Waals surface area contributed by atoms with Crippen LogP contribution >= 0.6 is 7.82 Å². The largest absolute Gasteiger partial charge is 0.471 e. The number of phosphoric ester groups is 1. The van der Waals surface area contributed by atoms with Gasteiger partial charge in [-0.15, -0.1) is 0 Å². The molecule has 0 spiro atoms. The number of aromatic amines is 1. The molecule has 0 aliphatic heterocycles. The SMILES string of the molecule is COP(=O)(O)OC.c1cn[nH]n1. The number of phosphoric acid groups is 1. The molecule has 0 bridgehead atoms. The first-order valence-electron chi connectivity index (χ1n) is 2.86. The fraction of sp³-hybridized carbons (Fsp3) is 0.500. The van der Waals surface area contributed by atoms with Gasteiger partial charge in [0.1, 0.15) is 0 Å². The zero-order chi connectivity index (χ0) is 9.45. The second-order valence-corrected chi connectivity index (χ2v) is 3.16. The van der Waals surface area contributed by atoms with Crippen LogP contribution in [0, 0.1) is 0 Å². The second kappa shape index (κ2) is 5.84. The zero-order valence-electron chi connectivity index (χ0n) is 6.67. The third kappa shape index (κ3) is 5.99. The molecule has 7 nitrogen and oxygen atoms in total. The molecule has 0 radical (unpaired) electrons. The number of nitrogens with one attached hydrogen (secondary N) is 1. The second-order valence-electron chi connectivity index (χ2n) is 1.49. The lowest BCUT2D eigenvalue weighted by Gasteiger charge is -2.01. The van der Waals surface area contributed by atoms with Gasteiger partial charge < -0.3 is 4.89 Å². The Hall–Kier alpha value is -0.750. The molecule has 0 saturated heterocycles. The lowest BCUT2D eigenvalue weighted by molar-refractivity contribution is 0.204. The molecule has 70 valence electrons. The van der Waals surface area contributed by atoms with Crippen molar-refractivity contribution in [1.29, 1.82) is 0 Å². The van der Waals surface area contributed by atoms with Crippen LogP contribution < -0.4 is 0 Å². The summed E-state index contributed by atoms with van der Waals surface area (Å²) in [5.41, 5.74) is 0. The van der Waals surface area contributed by atoms with Crippen LogP contribution in [0.15, 0.2) is 12.4 Å². The Labute approximate surface area is 69.3 Å². The molecule has 0 amide bonds. The monoisotopic (exact) mass is 195 g/mol.